The summed E-state index contributed by atoms with van der Waals surface area (Å²) >= 11 is 7.79. The number of benzene rings is 2. The van der Waals surface area contributed by atoms with Crippen molar-refractivity contribution in [1.82, 2.24) is 10.2 Å². The Kier molecular flexibility index (Phi) is 8.47. The van der Waals surface area contributed by atoms with Crippen LogP contribution in [-0.2, 0) is 0 Å². The van der Waals surface area contributed by atoms with Gasteiger partial charge in [-0.3, -0.25) is 4.90 Å². The zero-order chi connectivity index (χ0) is 18.6. The monoisotopic (exact) mass is 426 g/mol. The third kappa shape index (κ3) is 5.63. The molecule has 6 heteroatoms. The lowest BCUT2D eigenvalue weighted by molar-refractivity contribution is 0.0291. The van der Waals surface area contributed by atoms with Crippen LogP contribution in [0.1, 0.15) is 25.5 Å². The molecule has 1 atom stereocenters. The zero-order valence-electron chi connectivity index (χ0n) is 15.8. The molecule has 0 radical (unpaired) electrons. The van der Waals surface area contributed by atoms with Gasteiger partial charge in [0.05, 0.1) is 0 Å². The number of nitrogens with one attached hydrogen (secondary N) is 1. The van der Waals surface area contributed by atoms with Crippen LogP contribution in [0.2, 0.25) is 5.02 Å². The molecule has 2 aromatic rings. The Morgan fingerprint density at radius 1 is 1.11 bits per heavy atom. The molecule has 3 nitrogen and oxygen atoms in total. The molecule has 1 aliphatic rings. The molecule has 3 rings (SSSR count). The molecule has 1 saturated heterocycles. The second kappa shape index (κ2) is 10.1. The van der Waals surface area contributed by atoms with E-state index in [9.17, 15) is 5.11 Å². The highest BCUT2D eigenvalue weighted by Gasteiger charge is 2.36. The molecule has 148 valence electrons. The van der Waals surface area contributed by atoms with Crippen molar-refractivity contribution in [2.24, 2.45) is 5.41 Å². The summed E-state index contributed by atoms with van der Waals surface area (Å²) in [7, 11) is 0. The molecule has 0 saturated carbocycles. The van der Waals surface area contributed by atoms with E-state index in [1.54, 1.807) is 11.8 Å². The Labute approximate surface area is 177 Å². The van der Waals surface area contributed by atoms with Crippen LogP contribution >= 0.6 is 35.8 Å². The van der Waals surface area contributed by atoms with Crippen molar-refractivity contribution in [1.29, 1.82) is 0 Å². The fourth-order valence-corrected chi connectivity index (χ4v) is 4.66. The van der Waals surface area contributed by atoms with Crippen molar-refractivity contribution >= 4 is 35.8 Å². The van der Waals surface area contributed by atoms with Gasteiger partial charge < -0.3 is 10.4 Å². The maximum Gasteiger partial charge on any atom is 0.0500 e. The van der Waals surface area contributed by atoms with Gasteiger partial charge in [-0.2, -0.15) is 0 Å². The summed E-state index contributed by atoms with van der Waals surface area (Å²) < 4.78 is 0. The van der Waals surface area contributed by atoms with Crippen LogP contribution in [-0.4, -0.2) is 42.8 Å². The lowest BCUT2D eigenvalue weighted by Gasteiger charge is -2.44. The van der Waals surface area contributed by atoms with Crippen LogP contribution in [0.15, 0.2) is 58.3 Å². The molecular weight excluding hydrogens is 399 g/mol. The van der Waals surface area contributed by atoms with E-state index in [-0.39, 0.29) is 30.5 Å². The number of rotatable bonds is 6. The molecule has 2 N–H and O–H groups in total. The summed E-state index contributed by atoms with van der Waals surface area (Å²) in [6.45, 7) is 8.44. The molecule has 0 aliphatic carbocycles. The smallest absolute Gasteiger partial charge is 0.0500 e. The van der Waals surface area contributed by atoms with Gasteiger partial charge in [0.25, 0.3) is 0 Å². The minimum Gasteiger partial charge on any atom is -0.396 e. The van der Waals surface area contributed by atoms with Crippen molar-refractivity contribution in [2.45, 2.75) is 29.7 Å². The maximum atomic E-state index is 10.1. The topological polar surface area (TPSA) is 35.5 Å². The first-order valence-electron chi connectivity index (χ1n) is 9.09. The average molecular weight is 427 g/mol. The zero-order valence-corrected chi connectivity index (χ0v) is 18.2. The predicted octanol–water partition coefficient (Wildman–Crippen LogP) is 4.88. The van der Waals surface area contributed by atoms with Gasteiger partial charge in [0.15, 0.2) is 0 Å². The summed E-state index contributed by atoms with van der Waals surface area (Å²) in [5.41, 5.74) is 1.06. The number of aliphatic hydroxyl groups is 1. The highest BCUT2D eigenvalue weighted by Crippen LogP contribution is 2.43. The first kappa shape index (κ1) is 22.5. The van der Waals surface area contributed by atoms with Gasteiger partial charge in [-0.1, -0.05) is 55.4 Å². The largest absolute Gasteiger partial charge is 0.396 e. The summed E-state index contributed by atoms with van der Waals surface area (Å²) in [5, 5.41) is 14.3. The van der Waals surface area contributed by atoms with E-state index in [0.717, 1.165) is 31.2 Å². The Morgan fingerprint density at radius 2 is 1.74 bits per heavy atom. The Morgan fingerprint density at radius 3 is 2.37 bits per heavy atom. The van der Waals surface area contributed by atoms with E-state index in [0.29, 0.717) is 0 Å². The van der Waals surface area contributed by atoms with Gasteiger partial charge in [-0.05, 0) is 35.9 Å². The summed E-state index contributed by atoms with van der Waals surface area (Å²) in [6, 6.07) is 16.7. The molecule has 1 heterocycles. The minimum atomic E-state index is -0.228. The molecule has 1 aliphatic heterocycles. The highest BCUT2D eigenvalue weighted by molar-refractivity contribution is 7.99. The summed E-state index contributed by atoms with van der Waals surface area (Å²) in [6.07, 6.45) is 0. The van der Waals surface area contributed by atoms with Crippen LogP contribution in [0.25, 0.3) is 0 Å². The molecule has 0 amide bonds. The van der Waals surface area contributed by atoms with Crippen LogP contribution in [0.3, 0.4) is 0 Å². The third-order valence-corrected chi connectivity index (χ3v) is 6.27. The number of hydrogen-bond acceptors (Lipinski definition) is 4. The molecule has 1 fully saturated rings. The van der Waals surface area contributed by atoms with Crippen LogP contribution in [0, 0.1) is 5.41 Å². The molecule has 0 bridgehead atoms. The molecule has 0 unspecified atom stereocenters. The van der Waals surface area contributed by atoms with E-state index in [1.807, 2.05) is 12.1 Å². The fourth-order valence-electron chi connectivity index (χ4n) is 3.57. The Hall–Kier alpha value is -0.750. The molecule has 2 aromatic carbocycles. The predicted molar refractivity (Wildman–Crippen MR) is 117 cm³/mol. The quantitative estimate of drug-likeness (QED) is 0.689. The lowest BCUT2D eigenvalue weighted by atomic mass is 9.79. The maximum absolute atomic E-state index is 10.1. The van der Waals surface area contributed by atoms with Gasteiger partial charge in [-0.25, -0.2) is 0 Å². The van der Waals surface area contributed by atoms with E-state index in [4.69, 9.17) is 11.6 Å². The third-order valence-electron chi connectivity index (χ3n) is 4.92. The molecule has 0 aromatic heterocycles. The Balaban J connectivity index is 0.00000261. The summed E-state index contributed by atoms with van der Waals surface area (Å²) in [5.74, 6) is 0. The van der Waals surface area contributed by atoms with Crippen molar-refractivity contribution in [3.63, 3.8) is 0 Å². The fraction of sp³-hybridized carbons (Fsp3) is 0.429. The Bertz CT molecular complexity index is 718. The lowest BCUT2D eigenvalue weighted by Crippen LogP contribution is -2.49. The first-order chi connectivity index (χ1) is 12.5. The molecular formula is C21H28Cl2N2OS. The van der Waals surface area contributed by atoms with Gasteiger partial charge in [0, 0.05) is 59.1 Å². The molecule has 0 spiro atoms. The van der Waals surface area contributed by atoms with E-state index in [2.05, 4.69) is 60.5 Å². The van der Waals surface area contributed by atoms with Crippen molar-refractivity contribution in [3.8, 4) is 0 Å². The standard InChI is InChI=1S/C21H27ClN2OS.ClH/c1-21(2,15-25)20(24-13-11-23-12-14-24)18-5-3-4-6-19(18)26-17-9-7-16(22)8-10-17;/h3-10,20,23,25H,11-15H2,1-2H3;1H/t20-;/m1./s1. The van der Waals surface area contributed by atoms with Crippen molar-refractivity contribution < 1.29 is 5.11 Å². The van der Waals surface area contributed by atoms with Gasteiger partial charge in [0.2, 0.25) is 0 Å². The van der Waals surface area contributed by atoms with Crippen LogP contribution in [0.4, 0.5) is 0 Å². The molecule has 27 heavy (non-hydrogen) atoms. The second-order valence-electron chi connectivity index (χ2n) is 7.43. The SMILES string of the molecule is CC(C)(CO)[C@@H](c1ccccc1Sc1ccc(Cl)cc1)N1CCNCC1.Cl. The summed E-state index contributed by atoms with van der Waals surface area (Å²) in [4.78, 5) is 4.91. The van der Waals surface area contributed by atoms with Crippen molar-refractivity contribution in [3.05, 3.63) is 59.1 Å². The van der Waals surface area contributed by atoms with Gasteiger partial charge in [-0.15, -0.1) is 12.4 Å². The number of halogens is 2. The van der Waals surface area contributed by atoms with E-state index in [1.165, 1.54) is 15.4 Å². The number of nitrogens with zero attached hydrogens (tertiary/aromatic N) is 1. The normalized spacial score (nSPS) is 16.6. The van der Waals surface area contributed by atoms with Gasteiger partial charge >= 0.3 is 0 Å². The second-order valence-corrected chi connectivity index (χ2v) is 8.98. The van der Waals surface area contributed by atoms with Gasteiger partial charge in [0.1, 0.15) is 0 Å². The first-order valence-corrected chi connectivity index (χ1v) is 10.3. The van der Waals surface area contributed by atoms with E-state index < -0.39 is 0 Å². The number of hydrogen-bond donors (Lipinski definition) is 2. The average Bonchev–Trinajstić information content (AvgIpc) is 2.66. The minimum absolute atomic E-state index is 0. The van der Waals surface area contributed by atoms with Crippen LogP contribution in [0.5, 0.6) is 0 Å². The van der Waals surface area contributed by atoms with Crippen LogP contribution < -0.4 is 5.32 Å². The highest BCUT2D eigenvalue weighted by atomic mass is 35.5. The van der Waals surface area contributed by atoms with Crippen molar-refractivity contribution in [2.75, 3.05) is 32.8 Å². The number of piperazine rings is 1. The number of aliphatic hydroxyl groups excluding tert-OH is 1. The van der Waals surface area contributed by atoms with E-state index >= 15 is 0 Å².